The van der Waals surface area contributed by atoms with Gasteiger partial charge < -0.3 is 5.32 Å². The second-order valence-corrected chi connectivity index (χ2v) is 7.62. The van der Waals surface area contributed by atoms with Crippen molar-refractivity contribution in [3.8, 4) is 6.07 Å². The van der Waals surface area contributed by atoms with Gasteiger partial charge in [-0.15, -0.1) is 0 Å². The molecule has 0 aromatic heterocycles. The SMILES string of the molecule is C=NC(=O)/C(C#N)=C(\C[C@H]1CCc2cc(NCC(F)(F)F)ccc21)c1ccc(C)cc1. The molecule has 0 fully saturated rings. The number of nitrogens with one attached hydrogen (secondary N) is 1. The lowest BCUT2D eigenvalue weighted by Crippen LogP contribution is -2.21. The van der Waals surface area contributed by atoms with Gasteiger partial charge in [-0.3, -0.25) is 4.79 Å². The number of fused-ring (bicyclic) bond motifs is 1. The highest BCUT2D eigenvalue weighted by Crippen LogP contribution is 2.41. The number of alkyl halides is 3. The summed E-state index contributed by atoms with van der Waals surface area (Å²) in [7, 11) is 0. The first-order chi connectivity index (χ1) is 14.7. The quantitative estimate of drug-likeness (QED) is 0.373. The van der Waals surface area contributed by atoms with Gasteiger partial charge in [0.1, 0.15) is 18.2 Å². The minimum absolute atomic E-state index is 0.0317. The highest BCUT2D eigenvalue weighted by molar-refractivity contribution is 6.06. The van der Waals surface area contributed by atoms with Crippen molar-refractivity contribution in [2.24, 2.45) is 4.99 Å². The van der Waals surface area contributed by atoms with Gasteiger partial charge in [-0.25, -0.2) is 4.99 Å². The van der Waals surface area contributed by atoms with Crippen LogP contribution in [0.1, 0.15) is 41.0 Å². The maximum atomic E-state index is 12.5. The van der Waals surface area contributed by atoms with Crippen LogP contribution >= 0.6 is 0 Å². The number of nitriles is 1. The monoisotopic (exact) mass is 425 g/mol. The average molecular weight is 425 g/mol. The number of nitrogens with zero attached hydrogens (tertiary/aromatic N) is 2. The predicted octanol–water partition coefficient (Wildman–Crippen LogP) is 5.59. The van der Waals surface area contributed by atoms with Crippen molar-refractivity contribution in [2.75, 3.05) is 11.9 Å². The van der Waals surface area contributed by atoms with Crippen molar-refractivity contribution in [3.63, 3.8) is 0 Å². The molecule has 0 radical (unpaired) electrons. The molecule has 0 saturated heterocycles. The largest absolute Gasteiger partial charge is 0.405 e. The van der Waals surface area contributed by atoms with E-state index in [2.05, 4.69) is 17.0 Å². The number of halogens is 3. The van der Waals surface area contributed by atoms with E-state index in [9.17, 15) is 23.2 Å². The van der Waals surface area contributed by atoms with E-state index in [1.54, 1.807) is 12.1 Å². The number of hydrogen-bond acceptors (Lipinski definition) is 3. The van der Waals surface area contributed by atoms with Crippen LogP contribution < -0.4 is 5.32 Å². The molecule has 1 N–H and O–H groups in total. The minimum Gasteiger partial charge on any atom is -0.376 e. The van der Waals surface area contributed by atoms with Gasteiger partial charge in [0.15, 0.2) is 0 Å². The van der Waals surface area contributed by atoms with Crippen LogP contribution in [0, 0.1) is 18.3 Å². The van der Waals surface area contributed by atoms with Gasteiger partial charge >= 0.3 is 6.18 Å². The molecule has 0 spiro atoms. The van der Waals surface area contributed by atoms with E-state index in [1.165, 1.54) is 0 Å². The summed E-state index contributed by atoms with van der Waals surface area (Å²) in [4.78, 5) is 15.7. The summed E-state index contributed by atoms with van der Waals surface area (Å²) in [5.74, 6) is -0.619. The normalized spacial score (nSPS) is 16.2. The smallest absolute Gasteiger partial charge is 0.376 e. The minimum atomic E-state index is -4.28. The highest BCUT2D eigenvalue weighted by atomic mass is 19.4. The number of aliphatic imine (C=N–C) groups is 1. The Morgan fingerprint density at radius 3 is 2.58 bits per heavy atom. The Hall–Kier alpha value is -3.40. The van der Waals surface area contributed by atoms with Crippen LogP contribution in [0.4, 0.5) is 18.9 Å². The third kappa shape index (κ3) is 5.40. The summed E-state index contributed by atoms with van der Waals surface area (Å²) in [6.45, 7) is 4.13. The van der Waals surface area contributed by atoms with Crippen molar-refractivity contribution in [1.29, 1.82) is 5.26 Å². The number of carbonyl (C=O) groups is 1. The fraction of sp³-hybridized carbons (Fsp3) is 0.292. The molecule has 1 amide bonds. The number of hydrogen-bond donors (Lipinski definition) is 1. The average Bonchev–Trinajstić information content (AvgIpc) is 3.14. The van der Waals surface area contributed by atoms with E-state index in [-0.39, 0.29) is 11.5 Å². The summed E-state index contributed by atoms with van der Waals surface area (Å²) < 4.78 is 37.4. The van der Waals surface area contributed by atoms with Crippen molar-refractivity contribution < 1.29 is 18.0 Å². The Labute approximate surface area is 179 Å². The van der Waals surface area contributed by atoms with Gasteiger partial charge in [-0.2, -0.15) is 18.4 Å². The van der Waals surface area contributed by atoms with E-state index in [1.807, 2.05) is 43.3 Å². The molecule has 0 saturated carbocycles. The summed E-state index contributed by atoms with van der Waals surface area (Å²) in [6, 6.07) is 14.8. The lowest BCUT2D eigenvalue weighted by Gasteiger charge is -2.17. The topological polar surface area (TPSA) is 65.2 Å². The summed E-state index contributed by atoms with van der Waals surface area (Å²) in [6.07, 6.45) is -2.33. The number of amides is 1. The van der Waals surface area contributed by atoms with Gasteiger partial charge in [0.2, 0.25) is 0 Å². The second kappa shape index (κ2) is 9.17. The number of carbonyl (C=O) groups excluding carboxylic acids is 1. The molecule has 3 rings (SSSR count). The Bertz CT molecular complexity index is 1060. The number of aryl methyl sites for hydroxylation is 2. The van der Waals surface area contributed by atoms with Crippen molar-refractivity contribution in [2.45, 2.75) is 38.3 Å². The maximum absolute atomic E-state index is 12.5. The molecular formula is C24H22F3N3O. The zero-order chi connectivity index (χ0) is 22.6. The van der Waals surface area contributed by atoms with Crippen LogP contribution in [0.3, 0.4) is 0 Å². The maximum Gasteiger partial charge on any atom is 0.405 e. The first kappa shape index (κ1) is 22.3. The summed E-state index contributed by atoms with van der Waals surface area (Å²) >= 11 is 0. The Morgan fingerprint density at radius 2 is 1.97 bits per heavy atom. The van der Waals surface area contributed by atoms with E-state index < -0.39 is 18.6 Å². The molecule has 0 unspecified atom stereocenters. The van der Waals surface area contributed by atoms with Crippen LogP contribution in [0.2, 0.25) is 0 Å². The van der Waals surface area contributed by atoms with E-state index >= 15 is 0 Å². The van der Waals surface area contributed by atoms with Crippen molar-refractivity contribution in [3.05, 3.63) is 70.3 Å². The van der Waals surface area contributed by atoms with E-state index in [0.29, 0.717) is 17.7 Å². The molecule has 7 heteroatoms. The highest BCUT2D eigenvalue weighted by Gasteiger charge is 2.28. The molecule has 4 nitrogen and oxygen atoms in total. The van der Waals surface area contributed by atoms with Crippen LogP contribution in [-0.4, -0.2) is 25.3 Å². The Morgan fingerprint density at radius 1 is 1.26 bits per heavy atom. The molecule has 160 valence electrons. The lowest BCUT2D eigenvalue weighted by molar-refractivity contribution is -0.115. The molecule has 2 aromatic rings. The number of benzene rings is 2. The van der Waals surface area contributed by atoms with Gasteiger partial charge in [0.25, 0.3) is 5.91 Å². The van der Waals surface area contributed by atoms with Gasteiger partial charge in [0, 0.05) is 5.69 Å². The molecular weight excluding hydrogens is 403 g/mol. The molecule has 2 aromatic carbocycles. The van der Waals surface area contributed by atoms with Gasteiger partial charge in [-0.1, -0.05) is 35.9 Å². The number of anilines is 1. The van der Waals surface area contributed by atoms with Crippen LogP contribution in [0.5, 0.6) is 0 Å². The van der Waals surface area contributed by atoms with Crippen molar-refractivity contribution >= 4 is 23.9 Å². The van der Waals surface area contributed by atoms with Crippen molar-refractivity contribution in [1.82, 2.24) is 0 Å². The Balaban J connectivity index is 1.91. The number of allylic oxidation sites excluding steroid dienone is 1. The van der Waals surface area contributed by atoms with Gasteiger partial charge in [0.05, 0.1) is 0 Å². The first-order valence-electron chi connectivity index (χ1n) is 9.86. The zero-order valence-corrected chi connectivity index (χ0v) is 17.1. The molecule has 1 aliphatic carbocycles. The third-order valence-electron chi connectivity index (χ3n) is 5.46. The van der Waals surface area contributed by atoms with E-state index in [4.69, 9.17) is 0 Å². The fourth-order valence-electron chi connectivity index (χ4n) is 3.92. The molecule has 1 atom stereocenters. The lowest BCUT2D eigenvalue weighted by atomic mass is 9.87. The zero-order valence-electron chi connectivity index (χ0n) is 17.1. The fourth-order valence-corrected chi connectivity index (χ4v) is 3.92. The predicted molar refractivity (Wildman–Crippen MR) is 115 cm³/mol. The molecule has 1 aliphatic rings. The third-order valence-corrected chi connectivity index (χ3v) is 5.46. The molecule has 0 heterocycles. The van der Waals surface area contributed by atoms with E-state index in [0.717, 1.165) is 35.1 Å². The van der Waals surface area contributed by atoms with Crippen LogP contribution in [0.15, 0.2) is 53.0 Å². The van der Waals surface area contributed by atoms with Gasteiger partial charge in [-0.05, 0) is 73.2 Å². The first-order valence-corrected chi connectivity index (χ1v) is 9.86. The second-order valence-electron chi connectivity index (χ2n) is 7.62. The van der Waals surface area contributed by atoms with Crippen LogP contribution in [-0.2, 0) is 11.2 Å². The summed E-state index contributed by atoms with van der Waals surface area (Å²) in [5.41, 5.74) is 4.84. The molecule has 31 heavy (non-hydrogen) atoms. The standard InChI is InChI=1S/C24H22F3N3O/c1-15-3-5-16(6-4-15)21(22(13-28)23(31)29-2)12-18-8-7-17-11-19(9-10-20(17)18)30-14-24(25,26)27/h3-6,9-11,18,30H,2,7-8,12,14H2,1H3/b22-21+/t18-/m1/s1. The molecule has 0 bridgehead atoms. The molecule has 0 aliphatic heterocycles. The summed E-state index contributed by atoms with van der Waals surface area (Å²) in [5, 5.41) is 12.0. The Kier molecular flexibility index (Phi) is 6.59. The van der Waals surface area contributed by atoms with Crippen LogP contribution in [0.25, 0.3) is 5.57 Å². The number of rotatable bonds is 6.